The summed E-state index contributed by atoms with van der Waals surface area (Å²) in [7, 11) is 1.45. The summed E-state index contributed by atoms with van der Waals surface area (Å²) >= 11 is 1.02. The van der Waals surface area contributed by atoms with Crippen molar-refractivity contribution in [2.45, 2.75) is 17.4 Å². The van der Waals surface area contributed by atoms with E-state index in [1.54, 1.807) is 18.2 Å². The fourth-order valence-corrected chi connectivity index (χ4v) is 2.18. The number of hydrogen-bond donors (Lipinski definition) is 2. The lowest BCUT2D eigenvalue weighted by Crippen LogP contribution is -2.42. The first-order valence-corrected chi connectivity index (χ1v) is 6.91. The molecule has 20 heavy (non-hydrogen) atoms. The number of aliphatic carboxylic acids is 1. The Hall–Kier alpha value is -1.60. The van der Waals surface area contributed by atoms with E-state index < -0.39 is 23.7 Å². The highest BCUT2D eigenvalue weighted by Crippen LogP contribution is 2.20. The Morgan fingerprint density at radius 2 is 2.15 bits per heavy atom. The molecule has 0 radical (unpaired) electrons. The molecule has 0 bridgehead atoms. The van der Waals surface area contributed by atoms with Gasteiger partial charge in [0.15, 0.2) is 0 Å². The number of rotatable bonds is 8. The lowest BCUT2D eigenvalue weighted by molar-refractivity contribution is -0.142. The third-order valence-corrected chi connectivity index (χ3v) is 3.49. The molecule has 1 atom stereocenters. The van der Waals surface area contributed by atoms with Crippen LogP contribution in [0.25, 0.3) is 0 Å². The van der Waals surface area contributed by atoms with E-state index in [1.165, 1.54) is 13.2 Å². The first-order chi connectivity index (χ1) is 9.54. The third-order valence-electron chi connectivity index (χ3n) is 2.44. The summed E-state index contributed by atoms with van der Waals surface area (Å²) in [6, 6.07) is 5.10. The van der Waals surface area contributed by atoms with Gasteiger partial charge in [0.05, 0.1) is 5.75 Å². The van der Waals surface area contributed by atoms with Crippen LogP contribution < -0.4 is 5.32 Å². The molecule has 1 rings (SSSR count). The molecule has 1 unspecified atom stereocenters. The Balaban J connectivity index is 2.46. The van der Waals surface area contributed by atoms with E-state index in [1.807, 2.05) is 0 Å². The SMILES string of the molecule is COCCC(NC(=O)CSc1ccccc1F)C(=O)O. The summed E-state index contributed by atoms with van der Waals surface area (Å²) in [4.78, 5) is 22.9. The van der Waals surface area contributed by atoms with Gasteiger partial charge in [-0.05, 0) is 12.1 Å². The van der Waals surface area contributed by atoms with Gasteiger partial charge in [0.2, 0.25) is 5.91 Å². The predicted octanol–water partition coefficient (Wildman–Crippen LogP) is 1.52. The number of ether oxygens (including phenoxy) is 1. The highest BCUT2D eigenvalue weighted by molar-refractivity contribution is 8.00. The quantitative estimate of drug-likeness (QED) is 0.712. The molecule has 5 nitrogen and oxygen atoms in total. The van der Waals surface area contributed by atoms with Crippen molar-refractivity contribution in [3.63, 3.8) is 0 Å². The van der Waals surface area contributed by atoms with E-state index in [0.29, 0.717) is 4.90 Å². The molecule has 2 N–H and O–H groups in total. The van der Waals surface area contributed by atoms with Crippen LogP contribution in [-0.2, 0) is 14.3 Å². The van der Waals surface area contributed by atoms with Gasteiger partial charge in [-0.3, -0.25) is 4.79 Å². The molecule has 0 aliphatic rings. The molecule has 0 fully saturated rings. The van der Waals surface area contributed by atoms with Crippen LogP contribution in [0.4, 0.5) is 4.39 Å². The normalized spacial score (nSPS) is 11.9. The molecule has 1 amide bonds. The van der Waals surface area contributed by atoms with E-state index >= 15 is 0 Å². The minimum atomic E-state index is -1.12. The monoisotopic (exact) mass is 301 g/mol. The number of carbonyl (C=O) groups is 2. The van der Waals surface area contributed by atoms with Crippen LogP contribution in [0.3, 0.4) is 0 Å². The molecular formula is C13H16FNO4S. The van der Waals surface area contributed by atoms with Crippen LogP contribution in [0, 0.1) is 5.82 Å². The van der Waals surface area contributed by atoms with Crippen molar-refractivity contribution >= 4 is 23.6 Å². The van der Waals surface area contributed by atoms with Crippen molar-refractivity contribution in [3.05, 3.63) is 30.1 Å². The standard InChI is InChI=1S/C13H16FNO4S/c1-19-7-6-10(13(17)18)15-12(16)8-20-11-5-3-2-4-9(11)14/h2-5,10H,6-8H2,1H3,(H,15,16)(H,17,18). The number of benzene rings is 1. The molecule has 0 aromatic heterocycles. The number of amides is 1. The number of halogens is 1. The summed E-state index contributed by atoms with van der Waals surface area (Å²) in [5.74, 6) is -2.02. The predicted molar refractivity (Wildman–Crippen MR) is 73.2 cm³/mol. The van der Waals surface area contributed by atoms with Crippen LogP contribution in [0.2, 0.25) is 0 Å². The fourth-order valence-electron chi connectivity index (χ4n) is 1.43. The number of carbonyl (C=O) groups excluding carboxylic acids is 1. The fraction of sp³-hybridized carbons (Fsp3) is 0.385. The maximum Gasteiger partial charge on any atom is 0.326 e. The molecule has 0 aliphatic carbocycles. The number of hydrogen-bond acceptors (Lipinski definition) is 4. The smallest absolute Gasteiger partial charge is 0.326 e. The molecule has 0 spiro atoms. The lowest BCUT2D eigenvalue weighted by Gasteiger charge is -2.13. The van der Waals surface area contributed by atoms with Crippen molar-refractivity contribution < 1.29 is 23.8 Å². The van der Waals surface area contributed by atoms with Crippen molar-refractivity contribution in [3.8, 4) is 0 Å². The van der Waals surface area contributed by atoms with Crippen molar-refractivity contribution in [1.82, 2.24) is 5.32 Å². The Kier molecular flexibility index (Phi) is 7.03. The van der Waals surface area contributed by atoms with Gasteiger partial charge in [0.25, 0.3) is 0 Å². The number of nitrogens with one attached hydrogen (secondary N) is 1. The molecule has 1 aromatic carbocycles. The summed E-state index contributed by atoms with van der Waals surface area (Å²) in [6.07, 6.45) is 0.182. The Morgan fingerprint density at radius 1 is 1.45 bits per heavy atom. The molecule has 7 heteroatoms. The van der Waals surface area contributed by atoms with E-state index in [-0.39, 0.29) is 18.8 Å². The minimum absolute atomic E-state index is 0.0440. The number of carboxylic acid groups (broad SMARTS) is 1. The molecule has 110 valence electrons. The van der Waals surface area contributed by atoms with E-state index in [9.17, 15) is 14.0 Å². The molecule has 0 heterocycles. The molecule has 0 saturated heterocycles. The zero-order valence-electron chi connectivity index (χ0n) is 11.0. The third kappa shape index (κ3) is 5.58. The van der Waals surface area contributed by atoms with Crippen LogP contribution >= 0.6 is 11.8 Å². The Labute approximate surface area is 120 Å². The Morgan fingerprint density at radius 3 is 2.75 bits per heavy atom. The average Bonchev–Trinajstić information content (AvgIpc) is 2.42. The van der Waals surface area contributed by atoms with Gasteiger partial charge in [-0.1, -0.05) is 12.1 Å². The van der Waals surface area contributed by atoms with E-state index in [2.05, 4.69) is 5.32 Å². The summed E-state index contributed by atoms with van der Waals surface area (Å²) in [5.41, 5.74) is 0. The van der Waals surface area contributed by atoms with Crippen LogP contribution in [0.5, 0.6) is 0 Å². The molecule has 1 aromatic rings. The topological polar surface area (TPSA) is 75.6 Å². The highest BCUT2D eigenvalue weighted by Gasteiger charge is 2.19. The first kappa shape index (κ1) is 16.5. The first-order valence-electron chi connectivity index (χ1n) is 5.93. The second-order valence-corrected chi connectivity index (χ2v) is 4.98. The average molecular weight is 301 g/mol. The largest absolute Gasteiger partial charge is 0.480 e. The van der Waals surface area contributed by atoms with Gasteiger partial charge in [0, 0.05) is 25.0 Å². The second-order valence-electron chi connectivity index (χ2n) is 3.96. The van der Waals surface area contributed by atoms with Crippen LogP contribution in [-0.4, -0.2) is 42.5 Å². The maximum atomic E-state index is 13.3. The number of methoxy groups -OCH3 is 1. The van der Waals surface area contributed by atoms with Crippen molar-refractivity contribution in [2.24, 2.45) is 0 Å². The minimum Gasteiger partial charge on any atom is -0.480 e. The Bertz CT molecular complexity index is 469. The lowest BCUT2D eigenvalue weighted by atomic mass is 10.2. The van der Waals surface area contributed by atoms with Gasteiger partial charge in [-0.25, -0.2) is 9.18 Å². The van der Waals surface area contributed by atoms with Gasteiger partial charge in [0.1, 0.15) is 11.9 Å². The van der Waals surface area contributed by atoms with Crippen molar-refractivity contribution in [1.29, 1.82) is 0 Å². The second kappa shape index (κ2) is 8.55. The maximum absolute atomic E-state index is 13.3. The van der Waals surface area contributed by atoms with Gasteiger partial charge in [-0.15, -0.1) is 11.8 Å². The van der Waals surface area contributed by atoms with E-state index in [4.69, 9.17) is 9.84 Å². The number of thioether (sulfide) groups is 1. The zero-order chi connectivity index (χ0) is 15.0. The van der Waals surface area contributed by atoms with Crippen LogP contribution in [0.15, 0.2) is 29.2 Å². The van der Waals surface area contributed by atoms with Crippen LogP contribution in [0.1, 0.15) is 6.42 Å². The van der Waals surface area contributed by atoms with Gasteiger partial charge >= 0.3 is 5.97 Å². The summed E-state index contributed by atoms with van der Waals surface area (Å²) in [6.45, 7) is 0.234. The van der Waals surface area contributed by atoms with Crippen molar-refractivity contribution in [2.75, 3.05) is 19.5 Å². The summed E-state index contributed by atoms with van der Waals surface area (Å²) in [5, 5.41) is 11.3. The number of carboxylic acids is 1. The van der Waals surface area contributed by atoms with Gasteiger partial charge in [-0.2, -0.15) is 0 Å². The molecule has 0 saturated carbocycles. The molecule has 0 aliphatic heterocycles. The summed E-state index contributed by atoms with van der Waals surface area (Å²) < 4.78 is 18.1. The highest BCUT2D eigenvalue weighted by atomic mass is 32.2. The van der Waals surface area contributed by atoms with E-state index in [0.717, 1.165) is 11.8 Å². The van der Waals surface area contributed by atoms with Gasteiger partial charge < -0.3 is 15.2 Å². The zero-order valence-corrected chi connectivity index (χ0v) is 11.8. The molecular weight excluding hydrogens is 285 g/mol.